The van der Waals surface area contributed by atoms with Crippen LogP contribution in [-0.4, -0.2) is 10.9 Å². The Kier molecular flexibility index (Phi) is 5.39. The number of hydrogen-bond acceptors (Lipinski definition) is 4. The Labute approximate surface area is 151 Å². The van der Waals surface area contributed by atoms with Gasteiger partial charge in [0.15, 0.2) is 0 Å². The van der Waals surface area contributed by atoms with Gasteiger partial charge in [-0.25, -0.2) is 0 Å². The molecule has 0 saturated carbocycles. The van der Waals surface area contributed by atoms with E-state index in [2.05, 4.69) is 0 Å². The number of carbonyl (C=O) groups is 1. The number of nitro benzene ring substituents is 1. The van der Waals surface area contributed by atoms with Crippen molar-refractivity contribution in [3.8, 4) is 0 Å². The third-order valence-corrected chi connectivity index (χ3v) is 4.06. The average Bonchev–Trinajstić information content (AvgIpc) is 2.68. The molecule has 0 bridgehead atoms. The Hall–Kier alpha value is -3.47. The van der Waals surface area contributed by atoms with Crippen LogP contribution < -0.4 is 0 Å². The van der Waals surface area contributed by atoms with Gasteiger partial charge in [0.05, 0.1) is 10.5 Å². The first-order valence-corrected chi connectivity index (χ1v) is 8.15. The topological polar surface area (TPSA) is 69.4 Å². The summed E-state index contributed by atoms with van der Waals surface area (Å²) in [6.45, 7) is -0.147. The summed E-state index contributed by atoms with van der Waals surface area (Å²) in [5, 5.41) is 11.1. The van der Waals surface area contributed by atoms with Gasteiger partial charge in [0.1, 0.15) is 12.5 Å². The first-order chi connectivity index (χ1) is 12.7. The van der Waals surface area contributed by atoms with Crippen LogP contribution in [-0.2, 0) is 16.1 Å². The van der Waals surface area contributed by atoms with Gasteiger partial charge in [0.2, 0.25) is 0 Å². The Bertz CT molecular complexity index is 855. The van der Waals surface area contributed by atoms with E-state index in [1.54, 1.807) is 18.2 Å². The van der Waals surface area contributed by atoms with E-state index in [1.165, 1.54) is 6.07 Å². The minimum atomic E-state index is -0.583. The molecule has 3 aromatic carbocycles. The number of esters is 1. The summed E-state index contributed by atoms with van der Waals surface area (Å²) in [5.41, 5.74) is 1.93. The minimum absolute atomic E-state index is 0.0590. The van der Waals surface area contributed by atoms with Crippen LogP contribution in [0.1, 0.15) is 22.6 Å². The van der Waals surface area contributed by atoms with E-state index in [-0.39, 0.29) is 12.3 Å². The number of ether oxygens (including phenoxy) is 1. The van der Waals surface area contributed by atoms with E-state index >= 15 is 0 Å². The second-order valence-corrected chi connectivity index (χ2v) is 5.75. The zero-order valence-corrected chi connectivity index (χ0v) is 13.9. The summed E-state index contributed by atoms with van der Waals surface area (Å²) < 4.78 is 5.45. The van der Waals surface area contributed by atoms with Gasteiger partial charge in [-0.3, -0.25) is 14.9 Å². The summed E-state index contributed by atoms with van der Waals surface area (Å²) >= 11 is 0. The molecule has 0 radical (unpaired) electrons. The molecule has 0 N–H and O–H groups in total. The molecule has 26 heavy (non-hydrogen) atoms. The van der Waals surface area contributed by atoms with Crippen molar-refractivity contribution >= 4 is 11.7 Å². The van der Waals surface area contributed by atoms with Gasteiger partial charge in [-0.05, 0) is 17.2 Å². The first-order valence-electron chi connectivity index (χ1n) is 8.15. The third kappa shape index (κ3) is 3.95. The molecule has 0 heterocycles. The van der Waals surface area contributed by atoms with E-state index in [0.717, 1.165) is 11.1 Å². The number of hydrogen-bond donors (Lipinski definition) is 0. The highest BCUT2D eigenvalue weighted by Crippen LogP contribution is 2.27. The zero-order chi connectivity index (χ0) is 18.4. The van der Waals surface area contributed by atoms with Crippen LogP contribution in [0.5, 0.6) is 0 Å². The molecule has 0 aliphatic rings. The molecule has 0 amide bonds. The second kappa shape index (κ2) is 8.07. The van der Waals surface area contributed by atoms with Gasteiger partial charge in [0, 0.05) is 6.07 Å². The van der Waals surface area contributed by atoms with Gasteiger partial charge in [-0.2, -0.15) is 0 Å². The fourth-order valence-electron chi connectivity index (χ4n) is 2.80. The van der Waals surface area contributed by atoms with Crippen LogP contribution >= 0.6 is 0 Å². The highest BCUT2D eigenvalue weighted by molar-refractivity contribution is 5.82. The van der Waals surface area contributed by atoms with E-state index in [4.69, 9.17) is 4.74 Å². The highest BCUT2D eigenvalue weighted by Gasteiger charge is 2.25. The predicted octanol–water partition coefficient (Wildman–Crippen LogP) is 4.47. The predicted molar refractivity (Wildman–Crippen MR) is 97.6 cm³/mol. The van der Waals surface area contributed by atoms with Gasteiger partial charge >= 0.3 is 5.97 Å². The number of nitrogens with zero attached hydrogens (tertiary/aromatic N) is 1. The van der Waals surface area contributed by atoms with Gasteiger partial charge < -0.3 is 4.74 Å². The molecule has 0 spiro atoms. The molecule has 3 aromatic rings. The lowest BCUT2D eigenvalue weighted by molar-refractivity contribution is -0.385. The monoisotopic (exact) mass is 347 g/mol. The molecule has 3 rings (SSSR count). The van der Waals surface area contributed by atoms with Crippen LogP contribution in [0, 0.1) is 10.1 Å². The van der Waals surface area contributed by atoms with E-state index in [0.29, 0.717) is 5.56 Å². The largest absolute Gasteiger partial charge is 0.460 e. The lowest BCUT2D eigenvalue weighted by atomic mass is 9.91. The van der Waals surface area contributed by atoms with Crippen molar-refractivity contribution < 1.29 is 14.5 Å². The summed E-state index contributed by atoms with van der Waals surface area (Å²) in [5.74, 6) is -1.03. The Morgan fingerprint density at radius 1 is 0.846 bits per heavy atom. The van der Waals surface area contributed by atoms with E-state index in [1.807, 2.05) is 60.7 Å². The fourth-order valence-corrected chi connectivity index (χ4v) is 2.80. The molecule has 0 atom stereocenters. The second-order valence-electron chi connectivity index (χ2n) is 5.75. The standard InChI is InChI=1S/C21H17NO4/c23-21(26-15-18-13-7-8-14-19(18)22(24)25)20(16-9-3-1-4-10-16)17-11-5-2-6-12-17/h1-14,20H,15H2. The zero-order valence-electron chi connectivity index (χ0n) is 13.9. The number of nitro groups is 1. The number of benzene rings is 3. The van der Waals surface area contributed by atoms with Crippen molar-refractivity contribution in [1.82, 2.24) is 0 Å². The van der Waals surface area contributed by atoms with Gasteiger partial charge in [-0.15, -0.1) is 0 Å². The van der Waals surface area contributed by atoms with Crippen LogP contribution in [0.2, 0.25) is 0 Å². The number of para-hydroxylation sites is 1. The van der Waals surface area contributed by atoms with Gasteiger partial charge in [0.25, 0.3) is 5.69 Å². The SMILES string of the molecule is O=C(OCc1ccccc1[N+](=O)[O-])C(c1ccccc1)c1ccccc1. The fraction of sp³-hybridized carbons (Fsp3) is 0.0952. The smallest absolute Gasteiger partial charge is 0.318 e. The van der Waals surface area contributed by atoms with Crippen molar-refractivity contribution in [2.45, 2.75) is 12.5 Å². The maximum Gasteiger partial charge on any atom is 0.318 e. The molecule has 5 nitrogen and oxygen atoms in total. The summed E-state index contributed by atoms with van der Waals surface area (Å²) in [4.78, 5) is 23.4. The molecule has 130 valence electrons. The lowest BCUT2D eigenvalue weighted by Gasteiger charge is -2.17. The van der Waals surface area contributed by atoms with Crippen LogP contribution in [0.25, 0.3) is 0 Å². The molecule has 0 saturated heterocycles. The van der Waals surface area contributed by atoms with Crippen molar-refractivity contribution in [2.24, 2.45) is 0 Å². The molecule has 0 aliphatic carbocycles. The number of rotatable bonds is 6. The maximum absolute atomic E-state index is 12.8. The molecule has 0 unspecified atom stereocenters. The first kappa shape index (κ1) is 17.4. The van der Waals surface area contributed by atoms with Crippen LogP contribution in [0.3, 0.4) is 0 Å². The number of carbonyl (C=O) groups excluding carboxylic acids is 1. The molecule has 0 aromatic heterocycles. The van der Waals surface area contributed by atoms with Crippen LogP contribution in [0.4, 0.5) is 5.69 Å². The quantitative estimate of drug-likeness (QED) is 0.375. The van der Waals surface area contributed by atoms with Gasteiger partial charge in [-0.1, -0.05) is 72.8 Å². The maximum atomic E-state index is 12.8. The van der Waals surface area contributed by atoms with E-state index < -0.39 is 16.8 Å². The van der Waals surface area contributed by atoms with Crippen molar-refractivity contribution in [1.29, 1.82) is 0 Å². The summed E-state index contributed by atoms with van der Waals surface area (Å²) in [6.07, 6.45) is 0. The lowest BCUT2D eigenvalue weighted by Crippen LogP contribution is -2.17. The molecular formula is C21H17NO4. The normalized spacial score (nSPS) is 10.5. The minimum Gasteiger partial charge on any atom is -0.460 e. The summed E-state index contributed by atoms with van der Waals surface area (Å²) in [7, 11) is 0. The Morgan fingerprint density at radius 2 is 1.35 bits per heavy atom. The Balaban J connectivity index is 1.84. The molecular weight excluding hydrogens is 330 g/mol. The highest BCUT2D eigenvalue weighted by atomic mass is 16.6. The average molecular weight is 347 g/mol. The van der Waals surface area contributed by atoms with Crippen molar-refractivity contribution in [3.63, 3.8) is 0 Å². The van der Waals surface area contributed by atoms with Crippen molar-refractivity contribution in [3.05, 3.63) is 112 Å². The molecule has 0 fully saturated rings. The third-order valence-electron chi connectivity index (χ3n) is 4.06. The summed E-state index contributed by atoms with van der Waals surface area (Å²) in [6, 6.07) is 24.9. The van der Waals surface area contributed by atoms with Crippen LogP contribution in [0.15, 0.2) is 84.9 Å². The molecule has 5 heteroatoms. The van der Waals surface area contributed by atoms with E-state index in [9.17, 15) is 14.9 Å². The Morgan fingerprint density at radius 3 is 1.88 bits per heavy atom. The molecule has 0 aliphatic heterocycles. The van der Waals surface area contributed by atoms with Crippen molar-refractivity contribution in [2.75, 3.05) is 0 Å².